The number of aliphatic hydroxyl groups is 1. The molecule has 3 rings (SSSR count). The molecule has 1 aliphatic heterocycles. The average molecular weight is 272 g/mol. The van der Waals surface area contributed by atoms with Crippen LogP contribution in [0.5, 0.6) is 0 Å². The standard InChI is InChI=1S/C14H16N4O2/c19-10-12-7-4-8-17(12)14(20)13-9-15-18(16-13)11-5-2-1-3-6-11/h1-3,5-6,9,12,19H,4,7-8,10H2/t12-/m1/s1. The highest BCUT2D eigenvalue weighted by Crippen LogP contribution is 2.19. The van der Waals surface area contributed by atoms with E-state index in [0.717, 1.165) is 18.5 Å². The fourth-order valence-electron chi connectivity index (χ4n) is 2.49. The van der Waals surface area contributed by atoms with E-state index in [2.05, 4.69) is 10.2 Å². The van der Waals surface area contributed by atoms with Gasteiger partial charge in [0, 0.05) is 6.54 Å². The summed E-state index contributed by atoms with van der Waals surface area (Å²) in [6.07, 6.45) is 3.24. The third-order valence-corrected chi connectivity index (χ3v) is 3.55. The molecular formula is C14H16N4O2. The van der Waals surface area contributed by atoms with Crippen molar-refractivity contribution in [3.63, 3.8) is 0 Å². The Morgan fingerprint density at radius 2 is 2.15 bits per heavy atom. The van der Waals surface area contributed by atoms with Gasteiger partial charge in [-0.3, -0.25) is 4.79 Å². The van der Waals surface area contributed by atoms with E-state index >= 15 is 0 Å². The molecule has 1 aromatic heterocycles. The number of hydrogen-bond acceptors (Lipinski definition) is 4. The zero-order valence-electron chi connectivity index (χ0n) is 11.0. The molecule has 1 aromatic carbocycles. The lowest BCUT2D eigenvalue weighted by Gasteiger charge is -2.21. The van der Waals surface area contributed by atoms with Crippen LogP contribution in [0, 0.1) is 0 Å². The van der Waals surface area contributed by atoms with Crippen molar-refractivity contribution < 1.29 is 9.90 Å². The van der Waals surface area contributed by atoms with Crippen molar-refractivity contribution in [2.75, 3.05) is 13.2 Å². The SMILES string of the molecule is O=C(c1cnn(-c2ccccc2)n1)N1CCC[C@@H]1CO. The highest BCUT2D eigenvalue weighted by molar-refractivity contribution is 5.92. The summed E-state index contributed by atoms with van der Waals surface area (Å²) in [4.78, 5) is 15.5. The minimum Gasteiger partial charge on any atom is -0.394 e. The largest absolute Gasteiger partial charge is 0.394 e. The number of carbonyl (C=O) groups excluding carboxylic acids is 1. The number of aliphatic hydroxyl groups excluding tert-OH is 1. The monoisotopic (exact) mass is 272 g/mol. The van der Waals surface area contributed by atoms with Gasteiger partial charge in [-0.05, 0) is 25.0 Å². The number of likely N-dealkylation sites (tertiary alicyclic amines) is 1. The summed E-state index contributed by atoms with van der Waals surface area (Å²) in [5.41, 5.74) is 1.13. The highest BCUT2D eigenvalue weighted by Gasteiger charge is 2.30. The Kier molecular flexibility index (Phi) is 3.47. The molecule has 0 spiro atoms. The maximum atomic E-state index is 12.4. The number of carbonyl (C=O) groups is 1. The fraction of sp³-hybridized carbons (Fsp3) is 0.357. The Hall–Kier alpha value is -2.21. The first-order valence-corrected chi connectivity index (χ1v) is 6.69. The molecular weight excluding hydrogens is 256 g/mol. The van der Waals surface area contributed by atoms with Crippen molar-refractivity contribution in [3.05, 3.63) is 42.2 Å². The van der Waals surface area contributed by atoms with Gasteiger partial charge in [-0.2, -0.15) is 9.90 Å². The molecule has 104 valence electrons. The van der Waals surface area contributed by atoms with Crippen molar-refractivity contribution in [1.29, 1.82) is 0 Å². The van der Waals surface area contributed by atoms with Gasteiger partial charge in [-0.25, -0.2) is 0 Å². The van der Waals surface area contributed by atoms with Crippen LogP contribution >= 0.6 is 0 Å². The van der Waals surface area contributed by atoms with Gasteiger partial charge in [0.2, 0.25) is 0 Å². The van der Waals surface area contributed by atoms with Gasteiger partial charge in [-0.1, -0.05) is 18.2 Å². The van der Waals surface area contributed by atoms with Crippen molar-refractivity contribution in [3.8, 4) is 5.69 Å². The summed E-state index contributed by atoms with van der Waals surface area (Å²) in [6.45, 7) is 0.667. The van der Waals surface area contributed by atoms with Crippen LogP contribution in [0.15, 0.2) is 36.5 Å². The molecule has 1 atom stereocenters. The molecule has 6 nitrogen and oxygen atoms in total. The van der Waals surface area contributed by atoms with E-state index in [1.807, 2.05) is 30.3 Å². The van der Waals surface area contributed by atoms with Gasteiger partial charge in [0.15, 0.2) is 5.69 Å². The minimum absolute atomic E-state index is 0.00143. The number of para-hydroxylation sites is 1. The Balaban J connectivity index is 1.82. The predicted octanol–water partition coefficient (Wildman–Crippen LogP) is 0.864. The topological polar surface area (TPSA) is 71.2 Å². The van der Waals surface area contributed by atoms with E-state index in [4.69, 9.17) is 0 Å². The summed E-state index contributed by atoms with van der Waals surface area (Å²) in [5, 5.41) is 17.6. The number of nitrogens with zero attached hydrogens (tertiary/aromatic N) is 4. The summed E-state index contributed by atoms with van der Waals surface area (Å²) in [6, 6.07) is 9.35. The van der Waals surface area contributed by atoms with E-state index in [0.29, 0.717) is 12.2 Å². The fourth-order valence-corrected chi connectivity index (χ4v) is 2.49. The highest BCUT2D eigenvalue weighted by atomic mass is 16.3. The number of aromatic nitrogens is 3. The van der Waals surface area contributed by atoms with E-state index in [9.17, 15) is 9.90 Å². The van der Waals surface area contributed by atoms with E-state index in [1.54, 1.807) is 4.90 Å². The molecule has 0 saturated carbocycles. The number of hydrogen-bond donors (Lipinski definition) is 1. The molecule has 1 aliphatic rings. The summed E-state index contributed by atoms with van der Waals surface area (Å²) >= 11 is 0. The normalized spacial score (nSPS) is 18.4. The Morgan fingerprint density at radius 3 is 2.90 bits per heavy atom. The quantitative estimate of drug-likeness (QED) is 0.899. The van der Waals surface area contributed by atoms with Crippen molar-refractivity contribution >= 4 is 5.91 Å². The maximum absolute atomic E-state index is 12.4. The van der Waals surface area contributed by atoms with E-state index < -0.39 is 0 Å². The van der Waals surface area contributed by atoms with Crippen molar-refractivity contribution in [2.24, 2.45) is 0 Å². The second-order valence-electron chi connectivity index (χ2n) is 4.83. The van der Waals surface area contributed by atoms with Gasteiger partial charge in [0.05, 0.1) is 24.5 Å². The van der Waals surface area contributed by atoms with Gasteiger partial charge >= 0.3 is 0 Å². The predicted molar refractivity (Wildman–Crippen MR) is 72.5 cm³/mol. The first-order chi connectivity index (χ1) is 9.79. The zero-order chi connectivity index (χ0) is 13.9. The molecule has 20 heavy (non-hydrogen) atoms. The first-order valence-electron chi connectivity index (χ1n) is 6.69. The van der Waals surface area contributed by atoms with E-state index in [-0.39, 0.29) is 18.6 Å². The second-order valence-corrected chi connectivity index (χ2v) is 4.83. The molecule has 0 radical (unpaired) electrons. The summed E-state index contributed by atoms with van der Waals surface area (Å²) in [5.74, 6) is -0.163. The Bertz CT molecular complexity index is 596. The van der Waals surface area contributed by atoms with Crippen LogP contribution < -0.4 is 0 Å². The summed E-state index contributed by atoms with van der Waals surface area (Å²) < 4.78 is 0. The van der Waals surface area contributed by atoms with Crippen LogP contribution in [0.2, 0.25) is 0 Å². The van der Waals surface area contributed by atoms with Crippen LogP contribution in [-0.2, 0) is 0 Å². The molecule has 0 bridgehead atoms. The zero-order valence-corrected chi connectivity index (χ0v) is 11.0. The van der Waals surface area contributed by atoms with Crippen LogP contribution in [-0.4, -0.2) is 50.1 Å². The maximum Gasteiger partial charge on any atom is 0.276 e. The van der Waals surface area contributed by atoms with Crippen LogP contribution in [0.25, 0.3) is 5.69 Å². The van der Waals surface area contributed by atoms with Crippen LogP contribution in [0.1, 0.15) is 23.3 Å². The molecule has 1 N–H and O–H groups in total. The van der Waals surface area contributed by atoms with Gasteiger partial charge in [0.1, 0.15) is 0 Å². The molecule has 2 aromatic rings. The van der Waals surface area contributed by atoms with Crippen LogP contribution in [0.3, 0.4) is 0 Å². The van der Waals surface area contributed by atoms with Gasteiger partial charge in [0.25, 0.3) is 5.91 Å². The molecule has 0 aliphatic carbocycles. The van der Waals surface area contributed by atoms with Crippen molar-refractivity contribution in [2.45, 2.75) is 18.9 Å². The third-order valence-electron chi connectivity index (χ3n) is 3.55. The van der Waals surface area contributed by atoms with E-state index in [1.165, 1.54) is 11.0 Å². The van der Waals surface area contributed by atoms with Crippen LogP contribution in [0.4, 0.5) is 0 Å². The first kappa shape index (κ1) is 12.8. The Labute approximate surface area is 116 Å². The second kappa shape index (κ2) is 5.42. The van der Waals surface area contributed by atoms with Gasteiger partial charge in [-0.15, -0.1) is 5.10 Å². The Morgan fingerprint density at radius 1 is 1.35 bits per heavy atom. The minimum atomic E-state index is -0.163. The number of benzene rings is 1. The van der Waals surface area contributed by atoms with Crippen molar-refractivity contribution in [1.82, 2.24) is 19.9 Å². The lowest BCUT2D eigenvalue weighted by Crippen LogP contribution is -2.37. The number of rotatable bonds is 3. The average Bonchev–Trinajstić information content (AvgIpc) is 3.16. The molecule has 6 heteroatoms. The molecule has 2 heterocycles. The lowest BCUT2D eigenvalue weighted by atomic mass is 10.2. The number of amides is 1. The summed E-state index contributed by atoms with van der Waals surface area (Å²) in [7, 11) is 0. The molecule has 0 unspecified atom stereocenters. The molecule has 1 saturated heterocycles. The smallest absolute Gasteiger partial charge is 0.276 e. The third kappa shape index (κ3) is 2.30. The molecule has 1 amide bonds. The molecule has 1 fully saturated rings. The lowest BCUT2D eigenvalue weighted by molar-refractivity contribution is 0.0671. The van der Waals surface area contributed by atoms with Gasteiger partial charge < -0.3 is 10.0 Å².